The van der Waals surface area contributed by atoms with Gasteiger partial charge in [-0.25, -0.2) is 0 Å². The molecule has 3 aliphatic heterocycles. The lowest BCUT2D eigenvalue weighted by atomic mass is 10.0. The van der Waals surface area contributed by atoms with Gasteiger partial charge in [0.2, 0.25) is 0 Å². The number of ether oxygens (including phenoxy) is 2. The number of hydrogen-bond acceptors (Lipinski definition) is 4. The monoisotopic (exact) mass is 344 g/mol. The number of likely N-dealkylation sites (tertiary alicyclic amines) is 1. The molecule has 0 aliphatic carbocycles. The van der Waals surface area contributed by atoms with Crippen molar-refractivity contribution in [3.63, 3.8) is 0 Å². The number of fused-ring (bicyclic) bond motifs is 2. The van der Waals surface area contributed by atoms with Gasteiger partial charge in [-0.05, 0) is 42.6 Å². The Morgan fingerprint density at radius 3 is 2.64 bits per heavy atom. The minimum absolute atomic E-state index is 0. The van der Waals surface area contributed by atoms with Crippen LogP contribution in [0.2, 0.25) is 5.02 Å². The van der Waals surface area contributed by atoms with E-state index in [9.17, 15) is 0 Å². The lowest BCUT2D eigenvalue weighted by molar-refractivity contribution is 0.296. The quantitative estimate of drug-likeness (QED) is 0.893. The van der Waals surface area contributed by atoms with Crippen molar-refractivity contribution in [3.05, 3.63) is 22.7 Å². The van der Waals surface area contributed by atoms with Crippen LogP contribution in [0.4, 0.5) is 0 Å². The lowest BCUT2D eigenvalue weighted by Crippen LogP contribution is -2.25. The second-order valence-electron chi connectivity index (χ2n) is 6.33. The predicted octanol–water partition coefficient (Wildman–Crippen LogP) is 2.57. The summed E-state index contributed by atoms with van der Waals surface area (Å²) >= 11 is 6.37. The minimum Gasteiger partial charge on any atom is -0.489 e. The molecule has 1 N–H and O–H groups in total. The van der Waals surface area contributed by atoms with Crippen molar-refractivity contribution in [1.29, 1.82) is 0 Å². The molecule has 6 heteroatoms. The van der Waals surface area contributed by atoms with Gasteiger partial charge in [-0.1, -0.05) is 11.6 Å². The lowest BCUT2D eigenvalue weighted by Gasteiger charge is -2.18. The number of nitrogens with one attached hydrogen (secondary N) is 1. The van der Waals surface area contributed by atoms with Gasteiger partial charge in [-0.2, -0.15) is 0 Å². The highest BCUT2D eigenvalue weighted by molar-refractivity contribution is 6.32. The Kier molecular flexibility index (Phi) is 5.03. The number of rotatable bonds is 2. The summed E-state index contributed by atoms with van der Waals surface area (Å²) in [6, 6.07) is 4.13. The first-order valence-corrected chi connectivity index (χ1v) is 8.18. The zero-order chi connectivity index (χ0) is 14.2. The smallest absolute Gasteiger partial charge is 0.179 e. The Balaban J connectivity index is 0.00000144. The SMILES string of the molecule is Cl.Clc1cc(CN2C[C@H]3CNC[C@H]3C2)cc2c1OCCCO2. The van der Waals surface area contributed by atoms with Crippen molar-refractivity contribution in [2.45, 2.75) is 13.0 Å². The molecule has 1 aromatic carbocycles. The summed E-state index contributed by atoms with van der Waals surface area (Å²) < 4.78 is 11.5. The van der Waals surface area contributed by atoms with E-state index in [1.165, 1.54) is 31.7 Å². The Morgan fingerprint density at radius 1 is 1.14 bits per heavy atom. The van der Waals surface area contributed by atoms with Crippen molar-refractivity contribution in [3.8, 4) is 11.5 Å². The molecule has 1 aromatic rings. The molecule has 122 valence electrons. The first-order chi connectivity index (χ1) is 10.3. The molecule has 0 aromatic heterocycles. The second kappa shape index (κ2) is 6.83. The Hall–Kier alpha value is -0.680. The molecule has 0 spiro atoms. The molecule has 3 aliphatic rings. The van der Waals surface area contributed by atoms with Crippen LogP contribution in [0.15, 0.2) is 12.1 Å². The average molecular weight is 345 g/mol. The van der Waals surface area contributed by atoms with Gasteiger partial charge in [0.05, 0.1) is 18.2 Å². The van der Waals surface area contributed by atoms with Gasteiger partial charge in [0, 0.05) is 26.1 Å². The van der Waals surface area contributed by atoms with E-state index in [1.807, 2.05) is 6.07 Å². The molecule has 4 nitrogen and oxygen atoms in total. The molecule has 3 heterocycles. The van der Waals surface area contributed by atoms with Crippen molar-refractivity contribution in [2.24, 2.45) is 11.8 Å². The third-order valence-corrected chi connectivity index (χ3v) is 5.01. The maximum atomic E-state index is 6.37. The highest BCUT2D eigenvalue weighted by Crippen LogP contribution is 2.38. The molecule has 4 rings (SSSR count). The molecular weight excluding hydrogens is 323 g/mol. The summed E-state index contributed by atoms with van der Waals surface area (Å²) in [5.74, 6) is 3.15. The van der Waals surface area contributed by atoms with Crippen molar-refractivity contribution >= 4 is 24.0 Å². The number of benzene rings is 1. The van der Waals surface area contributed by atoms with Crippen molar-refractivity contribution in [2.75, 3.05) is 39.4 Å². The highest BCUT2D eigenvalue weighted by Gasteiger charge is 2.35. The molecule has 2 atom stereocenters. The van der Waals surface area contributed by atoms with Gasteiger partial charge >= 0.3 is 0 Å². The number of hydrogen-bond donors (Lipinski definition) is 1. The largest absolute Gasteiger partial charge is 0.489 e. The van der Waals surface area contributed by atoms with Crippen LogP contribution in [0, 0.1) is 11.8 Å². The van der Waals surface area contributed by atoms with Gasteiger partial charge in [0.25, 0.3) is 0 Å². The number of halogens is 2. The molecule has 0 unspecified atom stereocenters. The molecule has 0 saturated carbocycles. The van der Waals surface area contributed by atoms with Crippen LogP contribution >= 0.6 is 24.0 Å². The van der Waals surface area contributed by atoms with Gasteiger partial charge in [-0.15, -0.1) is 12.4 Å². The molecule has 22 heavy (non-hydrogen) atoms. The molecule has 0 bridgehead atoms. The summed E-state index contributed by atoms with van der Waals surface area (Å²) in [4.78, 5) is 2.53. The van der Waals surface area contributed by atoms with Crippen LogP contribution in [0.25, 0.3) is 0 Å². The second-order valence-corrected chi connectivity index (χ2v) is 6.74. The Labute approximate surface area is 142 Å². The molecular formula is C16H22Cl2N2O2. The van der Waals surface area contributed by atoms with Gasteiger partial charge in [-0.3, -0.25) is 4.90 Å². The fraction of sp³-hybridized carbons (Fsp3) is 0.625. The third-order valence-electron chi connectivity index (χ3n) is 4.73. The van der Waals surface area contributed by atoms with E-state index >= 15 is 0 Å². The average Bonchev–Trinajstić information content (AvgIpc) is 2.93. The minimum atomic E-state index is 0. The van der Waals surface area contributed by atoms with Gasteiger partial charge in [0.1, 0.15) is 0 Å². The van der Waals surface area contributed by atoms with E-state index in [-0.39, 0.29) is 12.4 Å². The Morgan fingerprint density at radius 2 is 1.86 bits per heavy atom. The molecule has 0 amide bonds. The summed E-state index contributed by atoms with van der Waals surface area (Å²) in [7, 11) is 0. The Bertz CT molecular complexity index is 529. The highest BCUT2D eigenvalue weighted by atomic mass is 35.5. The van der Waals surface area contributed by atoms with Crippen LogP contribution in [-0.4, -0.2) is 44.3 Å². The summed E-state index contributed by atoms with van der Waals surface area (Å²) in [5, 5.41) is 4.15. The van der Waals surface area contributed by atoms with E-state index in [0.717, 1.165) is 30.6 Å². The van der Waals surface area contributed by atoms with Gasteiger partial charge in [0.15, 0.2) is 11.5 Å². The van der Waals surface area contributed by atoms with Crippen molar-refractivity contribution < 1.29 is 9.47 Å². The standard InChI is InChI=1S/C16H21ClN2O2.ClH/c17-14-4-11(5-15-16(14)21-3-1-2-20-15)8-19-9-12-6-18-7-13(12)10-19;/h4-5,12-13,18H,1-3,6-10H2;1H/t12-,13+;. The van der Waals surface area contributed by atoms with E-state index in [2.05, 4.69) is 16.3 Å². The van der Waals surface area contributed by atoms with Crippen LogP contribution in [0.1, 0.15) is 12.0 Å². The first kappa shape index (κ1) is 16.2. The zero-order valence-corrected chi connectivity index (χ0v) is 14.1. The predicted molar refractivity (Wildman–Crippen MR) is 89.4 cm³/mol. The van der Waals surface area contributed by atoms with Crippen LogP contribution in [0.5, 0.6) is 11.5 Å². The number of nitrogens with zero attached hydrogens (tertiary/aromatic N) is 1. The van der Waals surface area contributed by atoms with Gasteiger partial charge < -0.3 is 14.8 Å². The van der Waals surface area contributed by atoms with Crippen LogP contribution in [-0.2, 0) is 6.54 Å². The first-order valence-electron chi connectivity index (χ1n) is 7.80. The maximum absolute atomic E-state index is 6.37. The normalized spacial score (nSPS) is 27.1. The summed E-state index contributed by atoms with van der Waals surface area (Å²) in [6.45, 7) is 7.03. The molecule has 0 radical (unpaired) electrons. The van der Waals surface area contributed by atoms with E-state index < -0.39 is 0 Å². The van der Waals surface area contributed by atoms with E-state index in [0.29, 0.717) is 24.0 Å². The summed E-state index contributed by atoms with van der Waals surface area (Å²) in [5.41, 5.74) is 1.22. The fourth-order valence-electron chi connectivity index (χ4n) is 3.72. The molecule has 2 saturated heterocycles. The third kappa shape index (κ3) is 3.16. The van der Waals surface area contributed by atoms with Crippen LogP contribution < -0.4 is 14.8 Å². The van der Waals surface area contributed by atoms with Crippen molar-refractivity contribution in [1.82, 2.24) is 10.2 Å². The van der Waals surface area contributed by atoms with E-state index in [1.54, 1.807) is 0 Å². The fourth-order valence-corrected chi connectivity index (χ4v) is 4.00. The topological polar surface area (TPSA) is 33.7 Å². The zero-order valence-electron chi connectivity index (χ0n) is 12.5. The summed E-state index contributed by atoms with van der Waals surface area (Å²) in [6.07, 6.45) is 0.906. The van der Waals surface area contributed by atoms with Crippen LogP contribution in [0.3, 0.4) is 0 Å². The maximum Gasteiger partial charge on any atom is 0.179 e. The molecule has 2 fully saturated rings. The van der Waals surface area contributed by atoms with E-state index in [4.69, 9.17) is 21.1 Å².